The van der Waals surface area contributed by atoms with Gasteiger partial charge >= 0.3 is 6.09 Å². The summed E-state index contributed by atoms with van der Waals surface area (Å²) in [4.78, 5) is 11.6. The number of hydrazone groups is 1. The Balaban J connectivity index is 1.96. The largest absolute Gasteiger partial charge is 0.488 e. The average molecular weight is 326 g/mol. The molecule has 2 aromatic carbocycles. The molecule has 0 unspecified atom stereocenters. The van der Waals surface area contributed by atoms with Crippen LogP contribution in [0.4, 0.5) is 4.79 Å². The molecule has 0 fully saturated rings. The van der Waals surface area contributed by atoms with E-state index in [1.807, 2.05) is 54.6 Å². The smallest absolute Gasteiger partial charge is 0.428 e. The number of hydrogen-bond acceptors (Lipinski definition) is 4. The SMILES string of the molecule is CC(C)(C)OC(=O)N/N=C/c1ccccc1OCc1ccccc1. The molecule has 0 saturated carbocycles. The molecule has 126 valence electrons. The monoisotopic (exact) mass is 326 g/mol. The van der Waals surface area contributed by atoms with Crippen LogP contribution < -0.4 is 10.2 Å². The summed E-state index contributed by atoms with van der Waals surface area (Å²) in [5.41, 5.74) is 3.63. The molecule has 0 aliphatic heterocycles. The molecule has 0 aromatic heterocycles. The number of amides is 1. The van der Waals surface area contributed by atoms with Crippen molar-refractivity contribution in [2.24, 2.45) is 5.10 Å². The van der Waals surface area contributed by atoms with Gasteiger partial charge in [-0.15, -0.1) is 0 Å². The number of rotatable bonds is 5. The second-order valence-electron chi connectivity index (χ2n) is 6.18. The van der Waals surface area contributed by atoms with Crippen LogP contribution in [0.25, 0.3) is 0 Å². The molecular weight excluding hydrogens is 304 g/mol. The molecule has 24 heavy (non-hydrogen) atoms. The Hall–Kier alpha value is -2.82. The van der Waals surface area contributed by atoms with Crippen LogP contribution in [-0.4, -0.2) is 17.9 Å². The lowest BCUT2D eigenvalue weighted by molar-refractivity contribution is 0.0529. The number of para-hydroxylation sites is 1. The third kappa shape index (κ3) is 6.12. The Morgan fingerprint density at radius 3 is 2.46 bits per heavy atom. The highest BCUT2D eigenvalue weighted by molar-refractivity contribution is 5.84. The molecule has 0 heterocycles. The van der Waals surface area contributed by atoms with Crippen LogP contribution in [0.3, 0.4) is 0 Å². The fraction of sp³-hybridized carbons (Fsp3) is 0.263. The number of carbonyl (C=O) groups is 1. The maximum atomic E-state index is 11.6. The van der Waals surface area contributed by atoms with Crippen LogP contribution in [0, 0.1) is 0 Å². The first-order chi connectivity index (χ1) is 11.4. The standard InChI is InChI=1S/C19H22N2O3/c1-19(2,3)24-18(22)21-20-13-16-11-7-8-12-17(16)23-14-15-9-5-4-6-10-15/h4-13H,14H2,1-3H3,(H,21,22)/b20-13+. The van der Waals surface area contributed by atoms with E-state index in [9.17, 15) is 4.79 Å². The topological polar surface area (TPSA) is 59.9 Å². The summed E-state index contributed by atoms with van der Waals surface area (Å²) in [7, 11) is 0. The van der Waals surface area contributed by atoms with Crippen LogP contribution in [0.2, 0.25) is 0 Å². The minimum absolute atomic E-state index is 0.463. The van der Waals surface area contributed by atoms with Gasteiger partial charge in [0.1, 0.15) is 18.0 Å². The van der Waals surface area contributed by atoms with Crippen molar-refractivity contribution in [2.45, 2.75) is 33.0 Å². The summed E-state index contributed by atoms with van der Waals surface area (Å²) in [6.45, 7) is 5.85. The van der Waals surface area contributed by atoms with Gasteiger partial charge in [-0.25, -0.2) is 10.2 Å². The Labute approximate surface area is 142 Å². The zero-order valence-electron chi connectivity index (χ0n) is 14.2. The molecule has 1 amide bonds. The first-order valence-corrected chi connectivity index (χ1v) is 7.72. The second kappa shape index (κ2) is 8.15. The minimum Gasteiger partial charge on any atom is -0.488 e. The van der Waals surface area contributed by atoms with Crippen molar-refractivity contribution in [3.05, 3.63) is 65.7 Å². The van der Waals surface area contributed by atoms with E-state index in [-0.39, 0.29) is 0 Å². The summed E-state index contributed by atoms with van der Waals surface area (Å²) in [6, 6.07) is 17.4. The van der Waals surface area contributed by atoms with E-state index >= 15 is 0 Å². The predicted octanol–water partition coefficient (Wildman–Crippen LogP) is 4.12. The first kappa shape index (κ1) is 17.5. The molecule has 1 N–H and O–H groups in total. The summed E-state index contributed by atoms with van der Waals surface area (Å²) in [5, 5.41) is 3.91. The molecule has 5 heteroatoms. The summed E-state index contributed by atoms with van der Waals surface area (Å²) >= 11 is 0. The molecule has 2 aromatic rings. The van der Waals surface area contributed by atoms with Crippen molar-refractivity contribution in [3.8, 4) is 5.75 Å². The normalized spacial score (nSPS) is 11.3. The number of hydrogen-bond donors (Lipinski definition) is 1. The molecule has 0 aliphatic carbocycles. The van der Waals surface area contributed by atoms with Crippen molar-refractivity contribution >= 4 is 12.3 Å². The maximum absolute atomic E-state index is 11.6. The van der Waals surface area contributed by atoms with Gasteiger partial charge in [-0.3, -0.25) is 0 Å². The van der Waals surface area contributed by atoms with E-state index < -0.39 is 11.7 Å². The number of ether oxygens (including phenoxy) is 2. The minimum atomic E-state index is -0.596. The predicted molar refractivity (Wildman–Crippen MR) is 94.2 cm³/mol. The Morgan fingerprint density at radius 1 is 1.08 bits per heavy atom. The Morgan fingerprint density at radius 2 is 1.75 bits per heavy atom. The van der Waals surface area contributed by atoms with E-state index in [1.165, 1.54) is 6.21 Å². The summed E-state index contributed by atoms with van der Waals surface area (Å²) in [5.74, 6) is 0.691. The highest BCUT2D eigenvalue weighted by Crippen LogP contribution is 2.17. The van der Waals surface area contributed by atoms with Gasteiger partial charge in [-0.05, 0) is 38.5 Å². The average Bonchev–Trinajstić information content (AvgIpc) is 2.53. The van der Waals surface area contributed by atoms with E-state index in [1.54, 1.807) is 20.8 Å². The molecule has 0 radical (unpaired) electrons. The zero-order valence-corrected chi connectivity index (χ0v) is 14.2. The van der Waals surface area contributed by atoms with Gasteiger partial charge in [0.25, 0.3) is 0 Å². The molecule has 2 rings (SSSR count). The number of benzene rings is 2. The molecule has 0 saturated heterocycles. The van der Waals surface area contributed by atoms with Crippen LogP contribution in [0.15, 0.2) is 59.7 Å². The van der Waals surface area contributed by atoms with Crippen molar-refractivity contribution in [1.29, 1.82) is 0 Å². The maximum Gasteiger partial charge on any atom is 0.428 e. The van der Waals surface area contributed by atoms with Crippen molar-refractivity contribution < 1.29 is 14.3 Å². The van der Waals surface area contributed by atoms with E-state index in [0.717, 1.165) is 11.1 Å². The Kier molecular flexibility index (Phi) is 5.95. The number of nitrogens with one attached hydrogen (secondary N) is 1. The van der Waals surface area contributed by atoms with Crippen molar-refractivity contribution in [2.75, 3.05) is 0 Å². The van der Waals surface area contributed by atoms with Crippen LogP contribution in [0.1, 0.15) is 31.9 Å². The lowest BCUT2D eigenvalue weighted by Crippen LogP contribution is -2.29. The molecular formula is C19H22N2O3. The van der Waals surface area contributed by atoms with Crippen LogP contribution in [0.5, 0.6) is 5.75 Å². The van der Waals surface area contributed by atoms with Gasteiger partial charge in [0, 0.05) is 5.56 Å². The highest BCUT2D eigenvalue weighted by Gasteiger charge is 2.15. The molecule has 0 spiro atoms. The summed E-state index contributed by atoms with van der Waals surface area (Å²) < 4.78 is 10.9. The quantitative estimate of drug-likeness (QED) is 0.664. The van der Waals surface area contributed by atoms with Gasteiger partial charge in [-0.2, -0.15) is 5.10 Å². The third-order valence-electron chi connectivity index (χ3n) is 2.91. The molecule has 0 aliphatic rings. The van der Waals surface area contributed by atoms with Gasteiger partial charge in [-0.1, -0.05) is 42.5 Å². The van der Waals surface area contributed by atoms with E-state index in [2.05, 4.69) is 10.5 Å². The van der Waals surface area contributed by atoms with Crippen molar-refractivity contribution in [3.63, 3.8) is 0 Å². The van der Waals surface area contributed by atoms with Crippen LogP contribution in [-0.2, 0) is 11.3 Å². The Bertz CT molecular complexity index is 691. The zero-order chi connectivity index (χ0) is 17.4. The molecule has 0 bridgehead atoms. The highest BCUT2D eigenvalue weighted by atomic mass is 16.6. The van der Waals surface area contributed by atoms with Gasteiger partial charge < -0.3 is 9.47 Å². The first-order valence-electron chi connectivity index (χ1n) is 7.72. The molecule has 5 nitrogen and oxygen atoms in total. The van der Waals surface area contributed by atoms with Gasteiger partial charge in [0.15, 0.2) is 0 Å². The van der Waals surface area contributed by atoms with Crippen molar-refractivity contribution in [1.82, 2.24) is 5.43 Å². The fourth-order valence-electron chi connectivity index (χ4n) is 1.91. The lowest BCUT2D eigenvalue weighted by Gasteiger charge is -2.18. The van der Waals surface area contributed by atoms with Gasteiger partial charge in [0.2, 0.25) is 0 Å². The lowest BCUT2D eigenvalue weighted by atomic mass is 10.2. The van der Waals surface area contributed by atoms with E-state index in [0.29, 0.717) is 12.4 Å². The molecule has 0 atom stereocenters. The second-order valence-corrected chi connectivity index (χ2v) is 6.18. The number of carbonyl (C=O) groups excluding carboxylic acids is 1. The van der Waals surface area contributed by atoms with Gasteiger partial charge in [0.05, 0.1) is 6.21 Å². The fourth-order valence-corrected chi connectivity index (χ4v) is 1.91. The third-order valence-corrected chi connectivity index (χ3v) is 2.91. The van der Waals surface area contributed by atoms with Crippen LogP contribution >= 0.6 is 0 Å². The van der Waals surface area contributed by atoms with E-state index in [4.69, 9.17) is 9.47 Å². The summed E-state index contributed by atoms with van der Waals surface area (Å²) in [6.07, 6.45) is 0.936. The number of nitrogens with zero attached hydrogens (tertiary/aromatic N) is 1.